The molecule has 0 saturated heterocycles. The lowest BCUT2D eigenvalue weighted by molar-refractivity contribution is -0.645. The number of nitrogens with one attached hydrogen (secondary N) is 1. The van der Waals surface area contributed by atoms with E-state index in [4.69, 9.17) is 4.42 Å². The quantitative estimate of drug-likeness (QED) is 0.442. The molecule has 0 bridgehead atoms. The minimum Gasteiger partial charge on any atom is -0.618 e. The number of carbonyl (C=O) groups excluding carboxylic acids is 1. The predicted molar refractivity (Wildman–Crippen MR) is 86.7 cm³/mol. The van der Waals surface area contributed by atoms with Crippen molar-refractivity contribution in [3.63, 3.8) is 0 Å². The molecular formula is C16H13N3O3S. The van der Waals surface area contributed by atoms with Crippen LogP contribution in [0.4, 0.5) is 5.69 Å². The summed E-state index contributed by atoms with van der Waals surface area (Å²) < 4.78 is 5.97. The van der Waals surface area contributed by atoms with Gasteiger partial charge in [0.2, 0.25) is 5.91 Å². The summed E-state index contributed by atoms with van der Waals surface area (Å²) in [4.78, 5) is 15.9. The van der Waals surface area contributed by atoms with Crippen LogP contribution >= 0.6 is 11.8 Å². The summed E-state index contributed by atoms with van der Waals surface area (Å²) in [6, 6.07) is 12.4. The molecule has 0 aliphatic heterocycles. The van der Waals surface area contributed by atoms with E-state index in [1.807, 2.05) is 12.1 Å². The fourth-order valence-electron chi connectivity index (χ4n) is 1.97. The molecule has 1 aromatic carbocycles. The molecule has 3 aromatic rings. The van der Waals surface area contributed by atoms with Gasteiger partial charge >= 0.3 is 0 Å². The molecule has 0 saturated carbocycles. The van der Waals surface area contributed by atoms with Crippen molar-refractivity contribution in [3.05, 3.63) is 66.5 Å². The van der Waals surface area contributed by atoms with Gasteiger partial charge in [0.05, 0.1) is 11.9 Å². The number of hydrogen-bond donors (Lipinski definition) is 1. The second-order valence-electron chi connectivity index (χ2n) is 4.65. The highest BCUT2D eigenvalue weighted by Crippen LogP contribution is 2.22. The second-order valence-corrected chi connectivity index (χ2v) is 5.64. The SMILES string of the molecule is O=C(CSc1cccc[n+]1[O-])Nc1cccc(-c2cnco2)c1. The van der Waals surface area contributed by atoms with E-state index < -0.39 is 0 Å². The molecule has 2 aromatic heterocycles. The summed E-state index contributed by atoms with van der Waals surface area (Å²) in [6.45, 7) is 0. The van der Waals surface area contributed by atoms with E-state index in [1.165, 1.54) is 24.4 Å². The number of hydrogen-bond acceptors (Lipinski definition) is 5. The maximum Gasteiger partial charge on any atom is 0.251 e. The number of pyridine rings is 1. The first-order chi connectivity index (χ1) is 11.2. The van der Waals surface area contributed by atoms with Crippen molar-refractivity contribution in [3.8, 4) is 11.3 Å². The molecule has 0 atom stereocenters. The highest BCUT2D eigenvalue weighted by Gasteiger charge is 2.10. The van der Waals surface area contributed by atoms with Gasteiger partial charge < -0.3 is 14.9 Å². The molecule has 0 radical (unpaired) electrons. The van der Waals surface area contributed by atoms with Crippen molar-refractivity contribution in [2.24, 2.45) is 0 Å². The minimum atomic E-state index is -0.187. The Hall–Kier alpha value is -2.80. The lowest BCUT2D eigenvalue weighted by Gasteiger charge is -2.06. The number of amides is 1. The Kier molecular flexibility index (Phi) is 4.58. The van der Waals surface area contributed by atoms with Gasteiger partial charge in [-0.15, -0.1) is 0 Å². The Labute approximate surface area is 136 Å². The van der Waals surface area contributed by atoms with Gasteiger partial charge in [-0.05, 0) is 30.0 Å². The number of aromatic nitrogens is 2. The van der Waals surface area contributed by atoms with Gasteiger partial charge in [-0.2, -0.15) is 4.73 Å². The van der Waals surface area contributed by atoms with E-state index >= 15 is 0 Å². The maximum atomic E-state index is 12.0. The largest absolute Gasteiger partial charge is 0.618 e. The molecule has 6 nitrogen and oxygen atoms in total. The number of thioether (sulfide) groups is 1. The number of anilines is 1. The minimum absolute atomic E-state index is 0.152. The summed E-state index contributed by atoms with van der Waals surface area (Å²) in [6.07, 6.45) is 4.37. The molecule has 0 aliphatic carbocycles. The maximum absolute atomic E-state index is 12.0. The number of oxazole rings is 1. The van der Waals surface area contributed by atoms with E-state index in [0.29, 0.717) is 16.5 Å². The lowest BCUT2D eigenvalue weighted by Crippen LogP contribution is -2.28. The van der Waals surface area contributed by atoms with Gasteiger partial charge in [-0.3, -0.25) is 4.79 Å². The topological polar surface area (TPSA) is 82.1 Å². The number of carbonyl (C=O) groups is 1. The Morgan fingerprint density at radius 3 is 3.00 bits per heavy atom. The van der Waals surface area contributed by atoms with Crippen molar-refractivity contribution in [2.75, 3.05) is 11.1 Å². The van der Waals surface area contributed by atoms with Gasteiger partial charge in [0.1, 0.15) is 0 Å². The zero-order valence-electron chi connectivity index (χ0n) is 12.0. The number of nitrogens with zero attached hydrogens (tertiary/aromatic N) is 2. The normalized spacial score (nSPS) is 10.4. The van der Waals surface area contributed by atoms with Gasteiger partial charge in [0.15, 0.2) is 18.4 Å². The van der Waals surface area contributed by atoms with Crippen LogP contribution in [0.15, 0.2) is 70.7 Å². The predicted octanol–water partition coefficient (Wildman–Crippen LogP) is 2.71. The zero-order valence-corrected chi connectivity index (χ0v) is 12.8. The Bertz CT molecular complexity index is 806. The summed E-state index contributed by atoms with van der Waals surface area (Å²) in [7, 11) is 0. The number of rotatable bonds is 5. The summed E-state index contributed by atoms with van der Waals surface area (Å²) in [5.41, 5.74) is 1.49. The van der Waals surface area contributed by atoms with Crippen molar-refractivity contribution in [2.45, 2.75) is 5.03 Å². The summed E-state index contributed by atoms with van der Waals surface area (Å²) >= 11 is 1.19. The van der Waals surface area contributed by atoms with E-state index in [-0.39, 0.29) is 11.7 Å². The number of benzene rings is 1. The third kappa shape index (κ3) is 3.89. The fourth-order valence-corrected chi connectivity index (χ4v) is 2.68. The monoisotopic (exact) mass is 327 g/mol. The van der Waals surface area contributed by atoms with Gasteiger partial charge in [0, 0.05) is 23.4 Å². The Balaban J connectivity index is 1.62. The van der Waals surface area contributed by atoms with E-state index in [1.54, 1.807) is 36.5 Å². The highest BCUT2D eigenvalue weighted by atomic mass is 32.2. The molecule has 0 fully saturated rings. The van der Waals surface area contributed by atoms with Crippen molar-refractivity contribution in [1.29, 1.82) is 0 Å². The molecular weight excluding hydrogens is 314 g/mol. The molecule has 7 heteroatoms. The van der Waals surface area contributed by atoms with Gasteiger partial charge in [-0.1, -0.05) is 12.1 Å². The third-order valence-corrected chi connectivity index (χ3v) is 4.02. The molecule has 0 unspecified atom stereocenters. The summed E-state index contributed by atoms with van der Waals surface area (Å²) in [5.74, 6) is 0.597. The standard InChI is InChI=1S/C16H13N3O3S/c20-15(10-23-16-6-1-2-7-19(16)21)18-13-5-3-4-12(8-13)14-9-17-11-22-14/h1-9,11H,10H2,(H,18,20). The van der Waals surface area contributed by atoms with Crippen molar-refractivity contribution in [1.82, 2.24) is 4.98 Å². The molecule has 0 aliphatic rings. The van der Waals surface area contributed by atoms with E-state index in [2.05, 4.69) is 10.3 Å². The fraction of sp³-hybridized carbons (Fsp3) is 0.0625. The molecule has 0 spiro atoms. The molecule has 2 heterocycles. The van der Waals surface area contributed by atoms with Crippen LogP contribution in [0.5, 0.6) is 0 Å². The first-order valence-corrected chi connectivity index (χ1v) is 7.81. The zero-order chi connectivity index (χ0) is 16.1. The van der Waals surface area contributed by atoms with E-state index in [9.17, 15) is 10.0 Å². The van der Waals surface area contributed by atoms with Gasteiger partial charge in [0.25, 0.3) is 5.03 Å². The summed E-state index contributed by atoms with van der Waals surface area (Å²) in [5, 5.41) is 14.8. The molecule has 1 N–H and O–H groups in total. The second kappa shape index (κ2) is 6.97. The first-order valence-electron chi connectivity index (χ1n) is 6.82. The van der Waals surface area contributed by atoms with Crippen LogP contribution in [-0.4, -0.2) is 16.6 Å². The van der Waals surface area contributed by atoms with Crippen LogP contribution < -0.4 is 10.0 Å². The van der Waals surface area contributed by atoms with Crippen LogP contribution in [0.25, 0.3) is 11.3 Å². The van der Waals surface area contributed by atoms with Gasteiger partial charge in [-0.25, -0.2) is 4.98 Å². The Morgan fingerprint density at radius 2 is 2.22 bits per heavy atom. The average Bonchev–Trinajstić information content (AvgIpc) is 3.09. The van der Waals surface area contributed by atoms with Crippen molar-refractivity contribution >= 4 is 23.4 Å². The van der Waals surface area contributed by atoms with Crippen LogP contribution in [-0.2, 0) is 4.79 Å². The van der Waals surface area contributed by atoms with E-state index in [0.717, 1.165) is 10.3 Å². The van der Waals surface area contributed by atoms with Crippen LogP contribution in [0, 0.1) is 5.21 Å². The molecule has 1 amide bonds. The van der Waals surface area contributed by atoms with Crippen molar-refractivity contribution < 1.29 is 13.9 Å². The third-order valence-electron chi connectivity index (χ3n) is 3.00. The first kappa shape index (κ1) is 15.1. The molecule has 23 heavy (non-hydrogen) atoms. The molecule has 116 valence electrons. The average molecular weight is 327 g/mol. The Morgan fingerprint density at radius 1 is 1.30 bits per heavy atom. The van der Waals surface area contributed by atoms with Crippen LogP contribution in [0.1, 0.15) is 0 Å². The highest BCUT2D eigenvalue weighted by molar-refractivity contribution is 7.99. The molecule has 3 rings (SSSR count). The smallest absolute Gasteiger partial charge is 0.251 e. The lowest BCUT2D eigenvalue weighted by atomic mass is 10.1. The van der Waals surface area contributed by atoms with Crippen LogP contribution in [0.3, 0.4) is 0 Å². The van der Waals surface area contributed by atoms with Crippen LogP contribution in [0.2, 0.25) is 0 Å².